The predicted molar refractivity (Wildman–Crippen MR) is 71.0 cm³/mol. The molecule has 1 aliphatic heterocycles. The van der Waals surface area contributed by atoms with Crippen LogP contribution in [0.25, 0.3) is 0 Å². The summed E-state index contributed by atoms with van der Waals surface area (Å²) in [4.78, 5) is 23.1. The molecule has 1 heterocycles. The highest BCUT2D eigenvalue weighted by atomic mass is 16.5. The molecule has 0 bridgehead atoms. The number of ether oxygens (including phenoxy) is 1. The fraction of sp³-hybridized carbons (Fsp3) is 0.846. The summed E-state index contributed by atoms with van der Waals surface area (Å²) in [5, 5.41) is 14.5. The minimum absolute atomic E-state index is 0.321. The lowest BCUT2D eigenvalue weighted by atomic mass is 9.93. The highest BCUT2D eigenvalue weighted by Crippen LogP contribution is 2.15. The van der Waals surface area contributed by atoms with Crippen LogP contribution in [0.5, 0.6) is 0 Å². The van der Waals surface area contributed by atoms with Gasteiger partial charge in [0.2, 0.25) is 0 Å². The van der Waals surface area contributed by atoms with Gasteiger partial charge in [0.15, 0.2) is 0 Å². The van der Waals surface area contributed by atoms with Crippen molar-refractivity contribution in [1.82, 2.24) is 10.6 Å². The van der Waals surface area contributed by atoms with Crippen molar-refractivity contribution in [2.75, 3.05) is 19.8 Å². The number of carboxylic acids is 1. The summed E-state index contributed by atoms with van der Waals surface area (Å²) in [5.74, 6) is -0.671. The van der Waals surface area contributed by atoms with Gasteiger partial charge in [-0.05, 0) is 31.6 Å². The van der Waals surface area contributed by atoms with Crippen molar-refractivity contribution in [1.29, 1.82) is 0 Å². The van der Waals surface area contributed by atoms with Crippen molar-refractivity contribution >= 4 is 12.0 Å². The first-order valence-corrected chi connectivity index (χ1v) is 6.91. The van der Waals surface area contributed by atoms with E-state index in [-0.39, 0.29) is 0 Å². The Morgan fingerprint density at radius 2 is 2.05 bits per heavy atom. The third-order valence-electron chi connectivity index (χ3n) is 3.78. The van der Waals surface area contributed by atoms with Crippen LogP contribution in [0.1, 0.15) is 39.5 Å². The van der Waals surface area contributed by atoms with Crippen LogP contribution in [-0.2, 0) is 9.53 Å². The zero-order valence-electron chi connectivity index (χ0n) is 11.7. The van der Waals surface area contributed by atoms with Gasteiger partial charge in [-0.1, -0.05) is 13.8 Å². The summed E-state index contributed by atoms with van der Waals surface area (Å²) in [6, 6.07) is -0.420. The van der Waals surface area contributed by atoms with Crippen molar-refractivity contribution in [3.8, 4) is 0 Å². The smallest absolute Gasteiger partial charge is 0.329 e. The summed E-state index contributed by atoms with van der Waals surface area (Å²) in [6.07, 6.45) is 2.76. The molecule has 1 rings (SSSR count). The van der Waals surface area contributed by atoms with Gasteiger partial charge in [-0.3, -0.25) is 0 Å². The van der Waals surface area contributed by atoms with E-state index in [2.05, 4.69) is 10.6 Å². The highest BCUT2D eigenvalue weighted by Gasteiger charge is 2.36. The lowest BCUT2D eigenvalue weighted by Gasteiger charge is -2.29. The van der Waals surface area contributed by atoms with Crippen LogP contribution < -0.4 is 10.6 Å². The van der Waals surface area contributed by atoms with Gasteiger partial charge in [-0.15, -0.1) is 0 Å². The topological polar surface area (TPSA) is 87.7 Å². The van der Waals surface area contributed by atoms with Crippen molar-refractivity contribution in [3.63, 3.8) is 0 Å². The molecule has 0 aromatic heterocycles. The summed E-state index contributed by atoms with van der Waals surface area (Å²) in [5.41, 5.74) is -1.17. The Kier molecular flexibility index (Phi) is 6.08. The number of rotatable bonds is 6. The van der Waals surface area contributed by atoms with Gasteiger partial charge in [-0.2, -0.15) is 0 Å². The Morgan fingerprint density at radius 3 is 2.53 bits per heavy atom. The Balaban J connectivity index is 2.42. The maximum atomic E-state index is 11.8. The van der Waals surface area contributed by atoms with Crippen LogP contribution in [0.2, 0.25) is 0 Å². The molecular formula is C13H24N2O4. The van der Waals surface area contributed by atoms with Gasteiger partial charge in [0.25, 0.3) is 0 Å². The Bertz CT molecular complexity index is 310. The molecule has 19 heavy (non-hydrogen) atoms. The molecular weight excluding hydrogens is 248 g/mol. The Morgan fingerprint density at radius 1 is 1.37 bits per heavy atom. The van der Waals surface area contributed by atoms with Gasteiger partial charge in [-0.25, -0.2) is 9.59 Å². The van der Waals surface area contributed by atoms with E-state index in [0.29, 0.717) is 31.9 Å². The number of hydrogen-bond acceptors (Lipinski definition) is 3. The molecule has 0 aromatic carbocycles. The number of urea groups is 1. The standard InChI is InChI=1S/C13H24N2O4/c1-3-13(4-2,11(16)17)15-12(18)14-8-10-6-5-7-19-9-10/h10H,3-9H2,1-2H3,(H,16,17)(H2,14,15,18). The van der Waals surface area contributed by atoms with Crippen LogP contribution in [0, 0.1) is 5.92 Å². The third-order valence-corrected chi connectivity index (χ3v) is 3.78. The average Bonchev–Trinajstić information content (AvgIpc) is 2.43. The molecule has 3 N–H and O–H groups in total. The first-order chi connectivity index (χ1) is 9.04. The second-order valence-electron chi connectivity index (χ2n) is 5.01. The van der Waals surface area contributed by atoms with Crippen molar-refractivity contribution in [2.24, 2.45) is 5.92 Å². The van der Waals surface area contributed by atoms with E-state index in [1.54, 1.807) is 13.8 Å². The quantitative estimate of drug-likeness (QED) is 0.681. The van der Waals surface area contributed by atoms with Crippen molar-refractivity contribution in [2.45, 2.75) is 45.1 Å². The molecule has 0 radical (unpaired) electrons. The van der Waals surface area contributed by atoms with Gasteiger partial charge >= 0.3 is 12.0 Å². The lowest BCUT2D eigenvalue weighted by molar-refractivity contribution is -0.144. The van der Waals surface area contributed by atoms with E-state index >= 15 is 0 Å². The number of carbonyl (C=O) groups excluding carboxylic acids is 1. The molecule has 0 saturated carbocycles. The zero-order chi connectivity index (χ0) is 14.3. The normalized spacial score (nSPS) is 19.8. The third kappa shape index (κ3) is 4.38. The molecule has 1 atom stereocenters. The fourth-order valence-electron chi connectivity index (χ4n) is 2.25. The first kappa shape index (κ1) is 15.8. The van der Waals surface area contributed by atoms with Crippen LogP contribution in [0.4, 0.5) is 4.79 Å². The molecule has 1 aliphatic rings. The Hall–Kier alpha value is -1.30. The predicted octanol–water partition coefficient (Wildman–Crippen LogP) is 1.36. The molecule has 1 saturated heterocycles. The number of amides is 2. The molecule has 6 heteroatoms. The maximum absolute atomic E-state index is 11.8. The molecule has 6 nitrogen and oxygen atoms in total. The number of carboxylic acid groups (broad SMARTS) is 1. The summed E-state index contributed by atoms with van der Waals surface area (Å²) in [7, 11) is 0. The van der Waals surface area contributed by atoms with Crippen molar-refractivity contribution in [3.05, 3.63) is 0 Å². The van der Waals surface area contributed by atoms with Gasteiger partial charge < -0.3 is 20.5 Å². The molecule has 110 valence electrons. The van der Waals surface area contributed by atoms with Gasteiger partial charge in [0.1, 0.15) is 5.54 Å². The SMILES string of the molecule is CCC(CC)(NC(=O)NCC1CCCOC1)C(=O)O. The molecule has 1 unspecified atom stereocenters. The summed E-state index contributed by atoms with van der Waals surface area (Å²) >= 11 is 0. The first-order valence-electron chi connectivity index (χ1n) is 6.91. The van der Waals surface area contributed by atoms with Crippen LogP contribution in [0.15, 0.2) is 0 Å². The van der Waals surface area contributed by atoms with E-state index in [9.17, 15) is 14.7 Å². The lowest BCUT2D eigenvalue weighted by Crippen LogP contribution is -2.57. The maximum Gasteiger partial charge on any atom is 0.329 e. The average molecular weight is 272 g/mol. The zero-order valence-corrected chi connectivity index (χ0v) is 11.7. The number of hydrogen-bond donors (Lipinski definition) is 3. The van der Waals surface area contributed by atoms with E-state index in [1.807, 2.05) is 0 Å². The van der Waals surface area contributed by atoms with Crippen LogP contribution in [0.3, 0.4) is 0 Å². The van der Waals surface area contributed by atoms with Crippen LogP contribution in [-0.4, -0.2) is 42.4 Å². The van der Waals surface area contributed by atoms with Crippen molar-refractivity contribution < 1.29 is 19.4 Å². The molecule has 2 amide bonds. The highest BCUT2D eigenvalue weighted by molar-refractivity contribution is 5.86. The fourth-order valence-corrected chi connectivity index (χ4v) is 2.25. The molecule has 1 fully saturated rings. The Labute approximate surface area is 113 Å². The van der Waals surface area contributed by atoms with E-state index in [0.717, 1.165) is 19.4 Å². The van der Waals surface area contributed by atoms with Gasteiger partial charge in [0.05, 0.1) is 6.61 Å². The second kappa shape index (κ2) is 7.33. The molecule has 0 aromatic rings. The van der Waals surface area contributed by atoms with Crippen LogP contribution >= 0.6 is 0 Å². The number of carbonyl (C=O) groups is 2. The summed E-state index contributed by atoms with van der Waals surface area (Å²) in [6.45, 7) is 5.48. The van der Waals surface area contributed by atoms with Gasteiger partial charge in [0, 0.05) is 13.2 Å². The largest absolute Gasteiger partial charge is 0.480 e. The molecule has 0 spiro atoms. The number of nitrogens with one attached hydrogen (secondary N) is 2. The minimum atomic E-state index is -1.17. The number of aliphatic carboxylic acids is 1. The van der Waals surface area contributed by atoms with E-state index < -0.39 is 17.5 Å². The monoisotopic (exact) mass is 272 g/mol. The second-order valence-corrected chi connectivity index (χ2v) is 5.01. The van der Waals surface area contributed by atoms with E-state index in [4.69, 9.17) is 4.74 Å². The van der Waals surface area contributed by atoms with E-state index in [1.165, 1.54) is 0 Å². The molecule has 0 aliphatic carbocycles. The summed E-state index contributed by atoms with van der Waals surface area (Å²) < 4.78 is 5.33. The minimum Gasteiger partial charge on any atom is -0.480 e.